The van der Waals surface area contributed by atoms with Crippen LogP contribution in [-0.4, -0.2) is 19.0 Å². The molecular weight excluding hydrogens is 328 g/mol. The summed E-state index contributed by atoms with van der Waals surface area (Å²) in [5.74, 6) is 0.764. The SMILES string of the molecule is CCNC(=O)CNCc1cc(Br)c(Br)o1. The molecule has 4 nitrogen and oxygen atoms in total. The Kier molecular flexibility index (Phi) is 5.35. The van der Waals surface area contributed by atoms with E-state index in [2.05, 4.69) is 42.5 Å². The van der Waals surface area contributed by atoms with Gasteiger partial charge in [0.15, 0.2) is 4.67 Å². The van der Waals surface area contributed by atoms with Crippen LogP contribution in [0.3, 0.4) is 0 Å². The lowest BCUT2D eigenvalue weighted by atomic mass is 10.4. The minimum absolute atomic E-state index is 0.0119. The fourth-order valence-electron chi connectivity index (χ4n) is 1.04. The van der Waals surface area contributed by atoms with Gasteiger partial charge in [0.1, 0.15) is 5.76 Å². The van der Waals surface area contributed by atoms with E-state index >= 15 is 0 Å². The molecule has 2 N–H and O–H groups in total. The summed E-state index contributed by atoms with van der Waals surface area (Å²) in [4.78, 5) is 11.1. The lowest BCUT2D eigenvalue weighted by molar-refractivity contribution is -0.120. The van der Waals surface area contributed by atoms with E-state index in [1.807, 2.05) is 13.0 Å². The molecule has 1 aromatic heterocycles. The van der Waals surface area contributed by atoms with Crippen LogP contribution in [0.1, 0.15) is 12.7 Å². The maximum absolute atomic E-state index is 11.1. The molecule has 1 aromatic rings. The molecule has 6 heteroatoms. The highest BCUT2D eigenvalue weighted by molar-refractivity contribution is 9.13. The Hall–Kier alpha value is -0.330. The lowest BCUT2D eigenvalue weighted by Crippen LogP contribution is -2.33. The molecule has 0 fully saturated rings. The third-order valence-corrected chi connectivity index (χ3v) is 3.37. The number of furan rings is 1. The number of rotatable bonds is 5. The molecule has 0 radical (unpaired) electrons. The number of carbonyl (C=O) groups is 1. The zero-order valence-corrected chi connectivity index (χ0v) is 11.4. The highest BCUT2D eigenvalue weighted by Crippen LogP contribution is 2.26. The molecule has 15 heavy (non-hydrogen) atoms. The van der Waals surface area contributed by atoms with E-state index < -0.39 is 0 Å². The van der Waals surface area contributed by atoms with Crippen LogP contribution in [0.25, 0.3) is 0 Å². The summed E-state index contributed by atoms with van der Waals surface area (Å²) in [5, 5.41) is 5.68. The maximum Gasteiger partial charge on any atom is 0.233 e. The fourth-order valence-corrected chi connectivity index (χ4v) is 1.70. The number of hydrogen-bond acceptors (Lipinski definition) is 3. The first-order valence-electron chi connectivity index (χ1n) is 4.54. The Morgan fingerprint density at radius 3 is 2.80 bits per heavy atom. The standard InChI is InChI=1S/C9H12Br2N2O2/c1-2-13-8(14)5-12-4-6-3-7(10)9(11)15-6/h3,12H,2,4-5H2,1H3,(H,13,14). The quantitative estimate of drug-likeness (QED) is 0.863. The first-order chi connectivity index (χ1) is 7.13. The number of nitrogens with one attached hydrogen (secondary N) is 2. The van der Waals surface area contributed by atoms with Crippen LogP contribution >= 0.6 is 31.9 Å². The lowest BCUT2D eigenvalue weighted by Gasteiger charge is -2.02. The molecule has 0 saturated carbocycles. The van der Waals surface area contributed by atoms with Gasteiger partial charge in [-0.2, -0.15) is 0 Å². The van der Waals surface area contributed by atoms with Gasteiger partial charge in [0.2, 0.25) is 5.91 Å². The number of hydrogen-bond donors (Lipinski definition) is 2. The van der Waals surface area contributed by atoms with Gasteiger partial charge < -0.3 is 15.1 Å². The molecule has 0 unspecified atom stereocenters. The summed E-state index contributed by atoms with van der Waals surface area (Å²) >= 11 is 6.56. The largest absolute Gasteiger partial charge is 0.452 e. The average molecular weight is 340 g/mol. The minimum Gasteiger partial charge on any atom is -0.452 e. The van der Waals surface area contributed by atoms with Crippen molar-refractivity contribution in [3.63, 3.8) is 0 Å². The summed E-state index contributed by atoms with van der Waals surface area (Å²) in [6.45, 7) is 3.36. The summed E-state index contributed by atoms with van der Waals surface area (Å²) < 4.78 is 6.87. The van der Waals surface area contributed by atoms with Crippen molar-refractivity contribution in [1.29, 1.82) is 0 Å². The van der Waals surface area contributed by atoms with Gasteiger partial charge in [-0.15, -0.1) is 0 Å². The van der Waals surface area contributed by atoms with Crippen molar-refractivity contribution in [2.24, 2.45) is 0 Å². The number of carbonyl (C=O) groups excluding carboxylic acids is 1. The van der Waals surface area contributed by atoms with Gasteiger partial charge in [-0.3, -0.25) is 4.79 Å². The maximum atomic E-state index is 11.1. The number of halogens is 2. The van der Waals surface area contributed by atoms with Crippen molar-refractivity contribution < 1.29 is 9.21 Å². The molecular formula is C9H12Br2N2O2. The van der Waals surface area contributed by atoms with Gasteiger partial charge in [-0.25, -0.2) is 0 Å². The van der Waals surface area contributed by atoms with Gasteiger partial charge in [0, 0.05) is 6.54 Å². The topological polar surface area (TPSA) is 54.3 Å². The number of amides is 1. The van der Waals surface area contributed by atoms with E-state index in [-0.39, 0.29) is 5.91 Å². The molecule has 84 valence electrons. The summed E-state index contributed by atoms with van der Waals surface area (Å²) in [7, 11) is 0. The summed E-state index contributed by atoms with van der Waals surface area (Å²) in [6, 6.07) is 1.86. The Bertz CT molecular complexity index is 319. The van der Waals surface area contributed by atoms with Crippen LogP contribution in [-0.2, 0) is 11.3 Å². The first-order valence-corrected chi connectivity index (χ1v) is 6.13. The zero-order valence-electron chi connectivity index (χ0n) is 8.27. The van der Waals surface area contributed by atoms with Crippen LogP contribution < -0.4 is 10.6 Å². The van der Waals surface area contributed by atoms with Crippen molar-refractivity contribution in [3.05, 3.63) is 21.0 Å². The molecule has 1 amide bonds. The van der Waals surface area contributed by atoms with Gasteiger partial charge in [-0.1, -0.05) is 0 Å². The molecule has 0 aliphatic rings. The van der Waals surface area contributed by atoms with Gasteiger partial charge in [0.05, 0.1) is 17.6 Å². The van der Waals surface area contributed by atoms with E-state index in [0.717, 1.165) is 10.2 Å². The average Bonchev–Trinajstić information content (AvgIpc) is 2.46. The van der Waals surface area contributed by atoms with Crippen molar-refractivity contribution in [2.75, 3.05) is 13.1 Å². The molecule has 1 rings (SSSR count). The first kappa shape index (κ1) is 12.7. The number of likely N-dealkylation sites (N-methyl/N-ethyl adjacent to an activating group) is 1. The second kappa shape index (κ2) is 6.30. The normalized spacial score (nSPS) is 10.3. The summed E-state index contributed by atoms with van der Waals surface area (Å²) in [6.07, 6.45) is 0. The second-order valence-corrected chi connectivity index (χ2v) is 4.47. The summed E-state index contributed by atoms with van der Waals surface area (Å²) in [5.41, 5.74) is 0. The monoisotopic (exact) mass is 338 g/mol. The molecule has 0 aliphatic carbocycles. The van der Waals surface area contributed by atoms with E-state index in [9.17, 15) is 4.79 Å². The smallest absolute Gasteiger partial charge is 0.233 e. The van der Waals surface area contributed by atoms with Crippen LogP contribution in [0, 0.1) is 0 Å². The van der Waals surface area contributed by atoms with Crippen LogP contribution in [0.2, 0.25) is 0 Å². The van der Waals surface area contributed by atoms with E-state index in [0.29, 0.717) is 24.3 Å². The van der Waals surface area contributed by atoms with Crippen LogP contribution in [0.15, 0.2) is 19.6 Å². The molecule has 1 heterocycles. The highest BCUT2D eigenvalue weighted by atomic mass is 79.9. The van der Waals surface area contributed by atoms with E-state index in [4.69, 9.17) is 4.42 Å². The fraction of sp³-hybridized carbons (Fsp3) is 0.444. The Morgan fingerprint density at radius 2 is 2.27 bits per heavy atom. The predicted molar refractivity (Wildman–Crippen MR) is 64.5 cm³/mol. The van der Waals surface area contributed by atoms with Gasteiger partial charge in [-0.05, 0) is 44.8 Å². The van der Waals surface area contributed by atoms with Gasteiger partial charge in [0.25, 0.3) is 0 Å². The minimum atomic E-state index is -0.0119. The second-order valence-electron chi connectivity index (χ2n) is 2.89. The van der Waals surface area contributed by atoms with Gasteiger partial charge >= 0.3 is 0 Å². The van der Waals surface area contributed by atoms with E-state index in [1.165, 1.54) is 0 Å². The van der Waals surface area contributed by atoms with Crippen molar-refractivity contribution in [1.82, 2.24) is 10.6 Å². The Balaban J connectivity index is 2.28. The molecule has 0 saturated heterocycles. The molecule has 0 spiro atoms. The predicted octanol–water partition coefficient (Wildman–Crippen LogP) is 2.03. The molecule has 0 aromatic carbocycles. The molecule has 0 atom stereocenters. The Morgan fingerprint density at radius 1 is 1.53 bits per heavy atom. The molecule has 0 aliphatic heterocycles. The van der Waals surface area contributed by atoms with Crippen LogP contribution in [0.4, 0.5) is 0 Å². The van der Waals surface area contributed by atoms with Crippen LogP contribution in [0.5, 0.6) is 0 Å². The van der Waals surface area contributed by atoms with Crippen molar-refractivity contribution in [2.45, 2.75) is 13.5 Å². The third kappa shape index (κ3) is 4.36. The van der Waals surface area contributed by atoms with Crippen molar-refractivity contribution in [3.8, 4) is 0 Å². The molecule has 0 bridgehead atoms. The highest BCUT2D eigenvalue weighted by Gasteiger charge is 2.06. The Labute approximate surface area is 105 Å². The third-order valence-electron chi connectivity index (χ3n) is 1.65. The van der Waals surface area contributed by atoms with Crippen molar-refractivity contribution >= 4 is 37.8 Å². The zero-order chi connectivity index (χ0) is 11.3. The van der Waals surface area contributed by atoms with E-state index in [1.54, 1.807) is 0 Å².